The Hall–Kier alpha value is -1.82. The molecule has 0 amide bonds. The van der Waals surface area contributed by atoms with Crippen LogP contribution in [0.4, 0.5) is 0 Å². The molecule has 1 aromatic heterocycles. The molecule has 0 saturated heterocycles. The molecule has 0 saturated carbocycles. The predicted octanol–water partition coefficient (Wildman–Crippen LogP) is 1.93. The SMILES string of the molecule is CCn1cc2cccc(C#N)c2n1. The van der Waals surface area contributed by atoms with Crippen molar-refractivity contribution >= 4 is 10.9 Å². The highest BCUT2D eigenvalue weighted by atomic mass is 15.3. The van der Waals surface area contributed by atoms with Crippen LogP contribution >= 0.6 is 0 Å². The first-order chi connectivity index (χ1) is 6.35. The number of fused-ring (bicyclic) bond motifs is 1. The molecule has 64 valence electrons. The highest BCUT2D eigenvalue weighted by Gasteiger charge is 2.03. The van der Waals surface area contributed by atoms with Crippen LogP contribution < -0.4 is 0 Å². The second kappa shape index (κ2) is 2.91. The number of aromatic nitrogens is 2. The summed E-state index contributed by atoms with van der Waals surface area (Å²) in [7, 11) is 0. The third-order valence-electron chi connectivity index (χ3n) is 2.03. The highest BCUT2D eigenvalue weighted by molar-refractivity contribution is 5.83. The van der Waals surface area contributed by atoms with Gasteiger partial charge in [-0.1, -0.05) is 12.1 Å². The third-order valence-corrected chi connectivity index (χ3v) is 2.03. The second-order valence-corrected chi connectivity index (χ2v) is 2.84. The maximum Gasteiger partial charge on any atom is 0.110 e. The van der Waals surface area contributed by atoms with Crippen molar-refractivity contribution in [1.82, 2.24) is 9.78 Å². The van der Waals surface area contributed by atoms with Crippen LogP contribution in [0.5, 0.6) is 0 Å². The van der Waals surface area contributed by atoms with Crippen LogP contribution in [0.3, 0.4) is 0 Å². The first-order valence-electron chi connectivity index (χ1n) is 4.21. The molecule has 1 heterocycles. The average Bonchev–Trinajstić information content (AvgIpc) is 2.59. The lowest BCUT2D eigenvalue weighted by Gasteiger charge is -1.89. The van der Waals surface area contributed by atoms with Crippen molar-refractivity contribution in [2.24, 2.45) is 0 Å². The first kappa shape index (κ1) is 7.81. The quantitative estimate of drug-likeness (QED) is 0.657. The summed E-state index contributed by atoms with van der Waals surface area (Å²) in [5.74, 6) is 0. The smallest absolute Gasteiger partial charge is 0.110 e. The van der Waals surface area contributed by atoms with E-state index in [-0.39, 0.29) is 0 Å². The van der Waals surface area contributed by atoms with Gasteiger partial charge >= 0.3 is 0 Å². The molecule has 3 heteroatoms. The van der Waals surface area contributed by atoms with Crippen molar-refractivity contribution in [3.8, 4) is 6.07 Å². The lowest BCUT2D eigenvalue weighted by molar-refractivity contribution is 0.668. The fraction of sp³-hybridized carbons (Fsp3) is 0.200. The average molecular weight is 171 g/mol. The van der Waals surface area contributed by atoms with Gasteiger partial charge in [-0.15, -0.1) is 0 Å². The van der Waals surface area contributed by atoms with Crippen molar-refractivity contribution in [2.75, 3.05) is 0 Å². The zero-order chi connectivity index (χ0) is 9.26. The zero-order valence-electron chi connectivity index (χ0n) is 7.36. The minimum atomic E-state index is 0.643. The van der Waals surface area contributed by atoms with Crippen LogP contribution in [-0.4, -0.2) is 9.78 Å². The second-order valence-electron chi connectivity index (χ2n) is 2.84. The van der Waals surface area contributed by atoms with E-state index in [4.69, 9.17) is 5.26 Å². The third kappa shape index (κ3) is 1.17. The largest absolute Gasteiger partial charge is 0.272 e. The molecular weight excluding hydrogens is 162 g/mol. The molecule has 0 atom stereocenters. The van der Waals surface area contributed by atoms with Crippen LogP contribution in [0.25, 0.3) is 10.9 Å². The number of aryl methyl sites for hydroxylation is 1. The van der Waals surface area contributed by atoms with E-state index in [9.17, 15) is 0 Å². The Balaban J connectivity index is 2.76. The van der Waals surface area contributed by atoms with Crippen LogP contribution in [0.1, 0.15) is 12.5 Å². The summed E-state index contributed by atoms with van der Waals surface area (Å²) in [6.07, 6.45) is 1.95. The van der Waals surface area contributed by atoms with E-state index in [0.717, 1.165) is 17.4 Å². The van der Waals surface area contributed by atoms with Crippen LogP contribution in [0.2, 0.25) is 0 Å². The summed E-state index contributed by atoms with van der Waals surface area (Å²) in [6, 6.07) is 7.76. The summed E-state index contributed by atoms with van der Waals surface area (Å²) in [5, 5.41) is 14.1. The van der Waals surface area contributed by atoms with Gasteiger partial charge < -0.3 is 0 Å². The molecule has 2 aromatic rings. The Morgan fingerprint density at radius 1 is 1.54 bits per heavy atom. The number of nitrogens with zero attached hydrogens (tertiary/aromatic N) is 3. The van der Waals surface area contributed by atoms with Crippen molar-refractivity contribution in [3.63, 3.8) is 0 Å². The zero-order valence-corrected chi connectivity index (χ0v) is 7.36. The molecule has 3 nitrogen and oxygen atoms in total. The summed E-state index contributed by atoms with van der Waals surface area (Å²) in [4.78, 5) is 0. The standard InChI is InChI=1S/C10H9N3/c1-2-13-7-9-5-3-4-8(6-11)10(9)12-13/h3-5,7H,2H2,1H3. The van der Waals surface area contributed by atoms with Gasteiger partial charge in [0, 0.05) is 18.1 Å². The lowest BCUT2D eigenvalue weighted by atomic mass is 10.2. The first-order valence-corrected chi connectivity index (χ1v) is 4.21. The summed E-state index contributed by atoms with van der Waals surface area (Å²) < 4.78 is 1.84. The maximum absolute atomic E-state index is 8.82. The number of hydrogen-bond donors (Lipinski definition) is 0. The van der Waals surface area contributed by atoms with E-state index in [1.807, 2.05) is 29.9 Å². The fourth-order valence-electron chi connectivity index (χ4n) is 1.35. The molecular formula is C10H9N3. The van der Waals surface area contributed by atoms with E-state index in [1.54, 1.807) is 6.07 Å². The normalized spacial score (nSPS) is 10.2. The van der Waals surface area contributed by atoms with Gasteiger partial charge in [0.2, 0.25) is 0 Å². The molecule has 0 radical (unpaired) electrons. The number of nitriles is 1. The van der Waals surface area contributed by atoms with Crippen molar-refractivity contribution in [2.45, 2.75) is 13.5 Å². The highest BCUT2D eigenvalue weighted by Crippen LogP contribution is 2.15. The Morgan fingerprint density at radius 2 is 2.38 bits per heavy atom. The van der Waals surface area contributed by atoms with Gasteiger partial charge in [0.1, 0.15) is 11.6 Å². The Kier molecular flexibility index (Phi) is 1.75. The van der Waals surface area contributed by atoms with E-state index < -0.39 is 0 Å². The number of hydrogen-bond acceptors (Lipinski definition) is 2. The minimum Gasteiger partial charge on any atom is -0.272 e. The molecule has 0 bridgehead atoms. The van der Waals surface area contributed by atoms with E-state index in [2.05, 4.69) is 11.2 Å². The van der Waals surface area contributed by atoms with Gasteiger partial charge in [0.25, 0.3) is 0 Å². The molecule has 2 rings (SSSR count). The summed E-state index contributed by atoms with van der Waals surface area (Å²) in [5.41, 5.74) is 1.44. The molecule has 0 N–H and O–H groups in total. The number of rotatable bonds is 1. The van der Waals surface area contributed by atoms with Gasteiger partial charge in [-0.3, -0.25) is 4.68 Å². The van der Waals surface area contributed by atoms with Crippen LogP contribution in [0.15, 0.2) is 24.4 Å². The van der Waals surface area contributed by atoms with Crippen LogP contribution in [0, 0.1) is 11.3 Å². The Morgan fingerprint density at radius 3 is 3.08 bits per heavy atom. The molecule has 1 aromatic carbocycles. The fourth-order valence-corrected chi connectivity index (χ4v) is 1.35. The van der Waals surface area contributed by atoms with Gasteiger partial charge in [-0.05, 0) is 13.0 Å². The van der Waals surface area contributed by atoms with Gasteiger partial charge in [-0.2, -0.15) is 10.4 Å². The summed E-state index contributed by atoms with van der Waals surface area (Å²) in [6.45, 7) is 2.86. The number of benzene rings is 1. The van der Waals surface area contributed by atoms with E-state index in [1.165, 1.54) is 0 Å². The monoisotopic (exact) mass is 171 g/mol. The lowest BCUT2D eigenvalue weighted by Crippen LogP contribution is -1.92. The van der Waals surface area contributed by atoms with Crippen LogP contribution in [-0.2, 0) is 6.54 Å². The molecule has 0 aliphatic heterocycles. The van der Waals surface area contributed by atoms with Crippen molar-refractivity contribution < 1.29 is 0 Å². The summed E-state index contributed by atoms with van der Waals surface area (Å²) >= 11 is 0. The predicted molar refractivity (Wildman–Crippen MR) is 50.1 cm³/mol. The Bertz CT molecular complexity index is 476. The molecule has 13 heavy (non-hydrogen) atoms. The molecule has 0 unspecified atom stereocenters. The van der Waals surface area contributed by atoms with Crippen molar-refractivity contribution in [1.29, 1.82) is 5.26 Å². The molecule has 0 aliphatic carbocycles. The molecule has 0 aliphatic rings. The maximum atomic E-state index is 8.82. The Labute approximate surface area is 76.2 Å². The van der Waals surface area contributed by atoms with E-state index >= 15 is 0 Å². The van der Waals surface area contributed by atoms with Crippen molar-refractivity contribution in [3.05, 3.63) is 30.0 Å². The van der Waals surface area contributed by atoms with E-state index in [0.29, 0.717) is 5.56 Å². The van der Waals surface area contributed by atoms with Gasteiger partial charge in [0.05, 0.1) is 5.56 Å². The van der Waals surface area contributed by atoms with Gasteiger partial charge in [0.15, 0.2) is 0 Å². The minimum absolute atomic E-state index is 0.643. The molecule has 0 fully saturated rings. The topological polar surface area (TPSA) is 41.6 Å². The molecule has 0 spiro atoms. The van der Waals surface area contributed by atoms with Gasteiger partial charge in [-0.25, -0.2) is 0 Å².